The topological polar surface area (TPSA) is 77.1 Å². The number of carbonyl (C=O) groups is 2. The Morgan fingerprint density at radius 1 is 1.13 bits per heavy atom. The number of methoxy groups -OCH3 is 2. The highest BCUT2D eigenvalue weighted by atomic mass is 16.5. The zero-order valence-electron chi connectivity index (χ0n) is 13.5. The Morgan fingerprint density at radius 2 is 1.74 bits per heavy atom. The van der Waals surface area contributed by atoms with E-state index in [4.69, 9.17) is 14.2 Å². The van der Waals surface area contributed by atoms with E-state index in [-0.39, 0.29) is 24.8 Å². The Hall–Kier alpha value is -2.28. The number of nitrogens with zero attached hydrogens (tertiary/aromatic N) is 1. The molecule has 0 saturated carbocycles. The molecule has 1 N–H and O–H groups in total. The number of morpholine rings is 1. The smallest absolute Gasteiger partial charge is 0.251 e. The van der Waals surface area contributed by atoms with E-state index < -0.39 is 0 Å². The fraction of sp³-hybridized carbons (Fsp3) is 0.500. The molecule has 1 heterocycles. The van der Waals surface area contributed by atoms with Gasteiger partial charge in [-0.2, -0.15) is 0 Å². The summed E-state index contributed by atoms with van der Waals surface area (Å²) in [6.45, 7) is 2.65. The number of amides is 2. The van der Waals surface area contributed by atoms with Gasteiger partial charge >= 0.3 is 0 Å². The van der Waals surface area contributed by atoms with Crippen LogP contribution in [0.15, 0.2) is 18.2 Å². The number of benzene rings is 1. The molecule has 0 radical (unpaired) electrons. The summed E-state index contributed by atoms with van der Waals surface area (Å²) in [5.74, 6) is 0.839. The minimum absolute atomic E-state index is 0.0248. The third-order valence-electron chi connectivity index (χ3n) is 3.60. The lowest BCUT2D eigenvalue weighted by Crippen LogP contribution is -2.42. The molecular weight excluding hydrogens is 300 g/mol. The van der Waals surface area contributed by atoms with Gasteiger partial charge in [-0.05, 0) is 12.1 Å². The number of nitrogens with one attached hydrogen (secondary N) is 1. The summed E-state index contributed by atoms with van der Waals surface area (Å²) in [6.07, 6.45) is 0.271. The van der Waals surface area contributed by atoms with E-state index >= 15 is 0 Å². The van der Waals surface area contributed by atoms with Gasteiger partial charge in [-0.15, -0.1) is 0 Å². The van der Waals surface area contributed by atoms with E-state index in [0.717, 1.165) is 0 Å². The minimum atomic E-state index is -0.267. The second kappa shape index (κ2) is 8.38. The monoisotopic (exact) mass is 322 g/mol. The van der Waals surface area contributed by atoms with Gasteiger partial charge in [0.05, 0.1) is 27.4 Å². The molecule has 1 aliphatic rings. The van der Waals surface area contributed by atoms with Gasteiger partial charge in [0.1, 0.15) is 11.5 Å². The van der Waals surface area contributed by atoms with Crippen LogP contribution in [-0.2, 0) is 9.53 Å². The van der Waals surface area contributed by atoms with Gasteiger partial charge in [0.25, 0.3) is 5.91 Å². The van der Waals surface area contributed by atoms with Crippen molar-refractivity contribution in [3.05, 3.63) is 23.8 Å². The van der Waals surface area contributed by atoms with Gasteiger partial charge in [0.2, 0.25) is 5.91 Å². The normalized spacial score (nSPS) is 14.3. The van der Waals surface area contributed by atoms with Crippen molar-refractivity contribution in [2.45, 2.75) is 6.42 Å². The van der Waals surface area contributed by atoms with E-state index in [1.165, 1.54) is 14.2 Å². The van der Waals surface area contributed by atoms with Crippen LogP contribution >= 0.6 is 0 Å². The zero-order chi connectivity index (χ0) is 16.7. The quantitative estimate of drug-likeness (QED) is 0.833. The molecule has 1 aromatic rings. The third-order valence-corrected chi connectivity index (χ3v) is 3.60. The first-order valence-corrected chi connectivity index (χ1v) is 7.51. The number of hydrogen-bond donors (Lipinski definition) is 1. The lowest BCUT2D eigenvalue weighted by molar-refractivity contribution is -0.135. The Balaban J connectivity index is 1.85. The first kappa shape index (κ1) is 17.1. The summed E-state index contributed by atoms with van der Waals surface area (Å²) in [6, 6.07) is 4.95. The molecule has 0 unspecified atom stereocenters. The van der Waals surface area contributed by atoms with E-state index in [9.17, 15) is 9.59 Å². The first-order chi connectivity index (χ1) is 11.1. The van der Waals surface area contributed by atoms with Crippen molar-refractivity contribution in [2.24, 2.45) is 0 Å². The molecule has 2 amide bonds. The largest absolute Gasteiger partial charge is 0.497 e. The van der Waals surface area contributed by atoms with Crippen molar-refractivity contribution in [3.8, 4) is 11.5 Å². The summed E-state index contributed by atoms with van der Waals surface area (Å²) in [5, 5.41) is 2.74. The second-order valence-electron chi connectivity index (χ2n) is 5.10. The molecule has 0 atom stereocenters. The number of hydrogen-bond acceptors (Lipinski definition) is 5. The van der Waals surface area contributed by atoms with Gasteiger partial charge in [-0.25, -0.2) is 0 Å². The summed E-state index contributed by atoms with van der Waals surface area (Å²) in [5.41, 5.74) is 0.431. The molecule has 1 fully saturated rings. The fourth-order valence-corrected chi connectivity index (χ4v) is 2.29. The Labute approximate surface area is 135 Å². The van der Waals surface area contributed by atoms with Crippen LogP contribution in [0, 0.1) is 0 Å². The van der Waals surface area contributed by atoms with Crippen molar-refractivity contribution in [3.63, 3.8) is 0 Å². The molecule has 23 heavy (non-hydrogen) atoms. The summed E-state index contributed by atoms with van der Waals surface area (Å²) >= 11 is 0. The highest BCUT2D eigenvalue weighted by Crippen LogP contribution is 2.22. The van der Waals surface area contributed by atoms with Crippen LogP contribution in [0.1, 0.15) is 16.8 Å². The van der Waals surface area contributed by atoms with Crippen LogP contribution in [0.3, 0.4) is 0 Å². The standard InChI is InChI=1S/C16H22N2O5/c1-21-13-9-12(10-14(11-13)22-2)16(20)17-4-3-15(19)18-5-7-23-8-6-18/h9-11H,3-8H2,1-2H3,(H,17,20). The molecule has 1 saturated heterocycles. The van der Waals surface area contributed by atoms with E-state index in [1.807, 2.05) is 0 Å². The summed E-state index contributed by atoms with van der Waals surface area (Å²) in [4.78, 5) is 25.9. The van der Waals surface area contributed by atoms with E-state index in [1.54, 1.807) is 23.1 Å². The molecule has 0 aromatic heterocycles. The maximum absolute atomic E-state index is 12.2. The lowest BCUT2D eigenvalue weighted by atomic mass is 10.2. The number of ether oxygens (including phenoxy) is 3. The van der Waals surface area contributed by atoms with Crippen LogP contribution in [0.25, 0.3) is 0 Å². The third kappa shape index (κ3) is 4.85. The second-order valence-corrected chi connectivity index (χ2v) is 5.10. The Bertz CT molecular complexity index is 533. The van der Waals surface area contributed by atoms with Crippen molar-refractivity contribution in [1.82, 2.24) is 10.2 Å². The highest BCUT2D eigenvalue weighted by molar-refractivity contribution is 5.95. The van der Waals surface area contributed by atoms with Crippen LogP contribution in [0.2, 0.25) is 0 Å². The molecule has 126 valence electrons. The van der Waals surface area contributed by atoms with Gasteiger partial charge in [-0.1, -0.05) is 0 Å². The van der Waals surface area contributed by atoms with E-state index in [2.05, 4.69) is 5.32 Å². The minimum Gasteiger partial charge on any atom is -0.497 e. The molecule has 2 rings (SSSR count). The van der Waals surface area contributed by atoms with E-state index in [0.29, 0.717) is 43.4 Å². The highest BCUT2D eigenvalue weighted by Gasteiger charge is 2.17. The first-order valence-electron chi connectivity index (χ1n) is 7.51. The van der Waals surface area contributed by atoms with Crippen LogP contribution in [0.4, 0.5) is 0 Å². The fourth-order valence-electron chi connectivity index (χ4n) is 2.29. The summed E-state index contributed by atoms with van der Waals surface area (Å²) < 4.78 is 15.5. The molecule has 7 heteroatoms. The van der Waals surface area contributed by atoms with Gasteiger partial charge in [0.15, 0.2) is 0 Å². The zero-order valence-corrected chi connectivity index (χ0v) is 13.5. The number of rotatable bonds is 6. The average Bonchev–Trinajstić information content (AvgIpc) is 2.61. The SMILES string of the molecule is COc1cc(OC)cc(C(=O)NCCC(=O)N2CCOCC2)c1. The van der Waals surface area contributed by atoms with Crippen LogP contribution in [0.5, 0.6) is 11.5 Å². The Kier molecular flexibility index (Phi) is 6.22. The predicted molar refractivity (Wildman–Crippen MR) is 83.9 cm³/mol. The van der Waals surface area contributed by atoms with Crippen molar-refractivity contribution in [2.75, 3.05) is 47.1 Å². The molecule has 1 aromatic carbocycles. The van der Waals surface area contributed by atoms with Crippen LogP contribution in [-0.4, -0.2) is 63.8 Å². The summed E-state index contributed by atoms with van der Waals surface area (Å²) in [7, 11) is 3.05. The maximum atomic E-state index is 12.2. The molecule has 0 spiro atoms. The number of carbonyl (C=O) groups excluding carboxylic acids is 2. The van der Waals surface area contributed by atoms with Crippen LogP contribution < -0.4 is 14.8 Å². The van der Waals surface area contributed by atoms with Gasteiger partial charge in [0, 0.05) is 37.7 Å². The average molecular weight is 322 g/mol. The van der Waals surface area contributed by atoms with Gasteiger partial charge < -0.3 is 24.4 Å². The predicted octanol–water partition coefficient (Wildman–Crippen LogP) is 0.682. The van der Waals surface area contributed by atoms with Crippen molar-refractivity contribution < 1.29 is 23.8 Å². The molecular formula is C16H22N2O5. The lowest BCUT2D eigenvalue weighted by Gasteiger charge is -2.26. The Morgan fingerprint density at radius 3 is 2.30 bits per heavy atom. The van der Waals surface area contributed by atoms with Crippen molar-refractivity contribution in [1.29, 1.82) is 0 Å². The molecule has 1 aliphatic heterocycles. The van der Waals surface area contributed by atoms with Crippen molar-refractivity contribution >= 4 is 11.8 Å². The molecule has 0 bridgehead atoms. The molecule has 0 aliphatic carbocycles. The maximum Gasteiger partial charge on any atom is 0.251 e. The molecule has 7 nitrogen and oxygen atoms in total. The van der Waals surface area contributed by atoms with Gasteiger partial charge in [-0.3, -0.25) is 9.59 Å².